The lowest BCUT2D eigenvalue weighted by molar-refractivity contribution is 0.0954. The van der Waals surface area contributed by atoms with Crippen molar-refractivity contribution < 1.29 is 9.53 Å². The average Bonchev–Trinajstić information content (AvgIpc) is 2.73. The quantitative estimate of drug-likeness (QED) is 0.289. The maximum Gasteiger partial charge on any atom is 0.251 e. The highest BCUT2D eigenvalue weighted by Gasteiger charge is 2.08. The Morgan fingerprint density at radius 3 is 2.57 bits per heavy atom. The van der Waals surface area contributed by atoms with E-state index in [2.05, 4.69) is 46.6 Å². The molecule has 0 aliphatic rings. The van der Waals surface area contributed by atoms with Gasteiger partial charge in [0.1, 0.15) is 5.75 Å². The van der Waals surface area contributed by atoms with Crippen LogP contribution in [0.4, 0.5) is 0 Å². The summed E-state index contributed by atoms with van der Waals surface area (Å²) in [5.74, 6) is 1.31. The molecule has 7 heteroatoms. The fourth-order valence-corrected chi connectivity index (χ4v) is 2.88. The molecule has 0 aromatic heterocycles. The van der Waals surface area contributed by atoms with E-state index in [4.69, 9.17) is 4.74 Å². The Hall–Kier alpha value is -2.28. The molecule has 28 heavy (non-hydrogen) atoms. The van der Waals surface area contributed by atoms with Crippen LogP contribution in [0.5, 0.6) is 5.75 Å². The van der Waals surface area contributed by atoms with Crippen LogP contribution in [0.15, 0.2) is 29.3 Å². The molecular weight excluding hydrogens is 354 g/mol. The number of amides is 1. The van der Waals surface area contributed by atoms with Gasteiger partial charge in [-0.05, 0) is 57.6 Å². The lowest BCUT2D eigenvalue weighted by Gasteiger charge is -2.21. The number of benzene rings is 1. The zero-order valence-corrected chi connectivity index (χ0v) is 18.0. The Bertz CT molecular complexity index is 602. The predicted molar refractivity (Wildman–Crippen MR) is 116 cm³/mol. The van der Waals surface area contributed by atoms with Crippen molar-refractivity contribution in [3.63, 3.8) is 0 Å². The molecule has 0 aliphatic carbocycles. The summed E-state index contributed by atoms with van der Waals surface area (Å²) in [6, 6.07) is 7.46. The van der Waals surface area contributed by atoms with E-state index in [-0.39, 0.29) is 5.91 Å². The molecule has 1 unspecified atom stereocenters. The first kappa shape index (κ1) is 23.8. The van der Waals surface area contributed by atoms with Crippen LogP contribution in [0, 0.1) is 0 Å². The number of hydrogen-bond acceptors (Lipinski definition) is 4. The second-order valence-corrected chi connectivity index (χ2v) is 6.70. The largest absolute Gasteiger partial charge is 0.497 e. The van der Waals surface area contributed by atoms with Crippen LogP contribution in [0.1, 0.15) is 44.0 Å². The van der Waals surface area contributed by atoms with E-state index in [0.717, 1.165) is 38.4 Å². The van der Waals surface area contributed by atoms with Crippen LogP contribution in [-0.4, -0.2) is 69.7 Å². The molecule has 0 fully saturated rings. The van der Waals surface area contributed by atoms with Crippen molar-refractivity contribution >= 4 is 11.9 Å². The third kappa shape index (κ3) is 9.08. The third-order valence-electron chi connectivity index (χ3n) is 4.65. The van der Waals surface area contributed by atoms with Gasteiger partial charge in [-0.3, -0.25) is 9.79 Å². The van der Waals surface area contributed by atoms with Gasteiger partial charge in [0.25, 0.3) is 5.91 Å². The van der Waals surface area contributed by atoms with E-state index in [1.807, 2.05) is 6.07 Å². The number of aliphatic imine (C=N–C) groups is 1. The molecule has 158 valence electrons. The first-order chi connectivity index (χ1) is 13.5. The van der Waals surface area contributed by atoms with Gasteiger partial charge >= 0.3 is 0 Å². The molecule has 0 aliphatic heterocycles. The van der Waals surface area contributed by atoms with E-state index >= 15 is 0 Å². The SMILES string of the molecule is CCN(CC)CCCC(C)NC(=NC)NCCNC(=O)c1cccc(OC)c1. The van der Waals surface area contributed by atoms with Gasteiger partial charge in [-0.25, -0.2) is 0 Å². The fraction of sp³-hybridized carbons (Fsp3) is 0.619. The van der Waals surface area contributed by atoms with Crippen molar-refractivity contribution in [2.24, 2.45) is 4.99 Å². The van der Waals surface area contributed by atoms with E-state index in [1.165, 1.54) is 0 Å². The summed E-state index contributed by atoms with van der Waals surface area (Å²) in [6.07, 6.45) is 2.24. The monoisotopic (exact) mass is 391 g/mol. The number of rotatable bonds is 12. The van der Waals surface area contributed by atoms with Crippen molar-refractivity contribution in [2.75, 3.05) is 46.9 Å². The number of guanidine groups is 1. The van der Waals surface area contributed by atoms with Gasteiger partial charge in [-0.2, -0.15) is 0 Å². The number of carbonyl (C=O) groups is 1. The lowest BCUT2D eigenvalue weighted by Crippen LogP contribution is -2.45. The van der Waals surface area contributed by atoms with Crippen molar-refractivity contribution in [3.05, 3.63) is 29.8 Å². The summed E-state index contributed by atoms with van der Waals surface area (Å²) in [4.78, 5) is 18.9. The molecule has 1 rings (SSSR count). The zero-order valence-electron chi connectivity index (χ0n) is 18.0. The van der Waals surface area contributed by atoms with E-state index in [1.54, 1.807) is 32.4 Å². The summed E-state index contributed by atoms with van der Waals surface area (Å²) in [5.41, 5.74) is 0.587. The molecule has 1 amide bonds. The van der Waals surface area contributed by atoms with Crippen LogP contribution < -0.4 is 20.7 Å². The minimum Gasteiger partial charge on any atom is -0.497 e. The molecular formula is C21H37N5O2. The van der Waals surface area contributed by atoms with Crippen molar-refractivity contribution in [3.8, 4) is 5.75 Å². The Balaban J connectivity index is 2.27. The minimum absolute atomic E-state index is 0.117. The zero-order chi connectivity index (χ0) is 20.8. The molecule has 0 spiro atoms. The highest BCUT2D eigenvalue weighted by Crippen LogP contribution is 2.12. The van der Waals surface area contributed by atoms with Crippen LogP contribution >= 0.6 is 0 Å². The molecule has 1 aromatic carbocycles. The number of ether oxygens (including phenoxy) is 1. The Morgan fingerprint density at radius 2 is 1.93 bits per heavy atom. The van der Waals surface area contributed by atoms with E-state index in [0.29, 0.717) is 30.4 Å². The van der Waals surface area contributed by atoms with Crippen molar-refractivity contribution in [1.29, 1.82) is 0 Å². The Labute approximate surface area is 169 Å². The second-order valence-electron chi connectivity index (χ2n) is 6.70. The van der Waals surface area contributed by atoms with E-state index < -0.39 is 0 Å². The molecule has 7 nitrogen and oxygen atoms in total. The van der Waals surface area contributed by atoms with Gasteiger partial charge < -0.3 is 25.6 Å². The van der Waals surface area contributed by atoms with Crippen molar-refractivity contribution in [1.82, 2.24) is 20.9 Å². The second kappa shape index (κ2) is 13.8. The maximum absolute atomic E-state index is 12.2. The highest BCUT2D eigenvalue weighted by atomic mass is 16.5. The predicted octanol–water partition coefficient (Wildman–Crippen LogP) is 2.10. The molecule has 0 bridgehead atoms. The van der Waals surface area contributed by atoms with Crippen LogP contribution in [0.3, 0.4) is 0 Å². The molecule has 3 N–H and O–H groups in total. The van der Waals surface area contributed by atoms with Gasteiger partial charge in [-0.15, -0.1) is 0 Å². The topological polar surface area (TPSA) is 78.0 Å². The number of carbonyl (C=O) groups excluding carboxylic acids is 1. The molecule has 0 radical (unpaired) electrons. The minimum atomic E-state index is -0.117. The number of nitrogens with one attached hydrogen (secondary N) is 3. The molecule has 1 atom stereocenters. The normalized spacial score (nSPS) is 12.6. The van der Waals surface area contributed by atoms with Gasteiger partial charge in [0.2, 0.25) is 0 Å². The number of hydrogen-bond donors (Lipinski definition) is 3. The standard InChI is InChI=1S/C21H37N5O2/c1-6-26(7-2)15-9-10-17(3)25-21(22-4)24-14-13-23-20(27)18-11-8-12-19(16-18)28-5/h8,11-12,16-17H,6-7,9-10,13-15H2,1-5H3,(H,23,27)(H2,22,24,25). The van der Waals surface area contributed by atoms with Crippen molar-refractivity contribution in [2.45, 2.75) is 39.7 Å². The molecule has 0 saturated carbocycles. The summed E-state index contributed by atoms with van der Waals surface area (Å²) in [6.45, 7) is 11.0. The summed E-state index contributed by atoms with van der Waals surface area (Å²) in [7, 11) is 3.34. The van der Waals surface area contributed by atoms with Gasteiger partial charge in [-0.1, -0.05) is 19.9 Å². The summed E-state index contributed by atoms with van der Waals surface area (Å²) in [5, 5.41) is 9.54. The third-order valence-corrected chi connectivity index (χ3v) is 4.65. The summed E-state index contributed by atoms with van der Waals surface area (Å²) < 4.78 is 5.15. The fourth-order valence-electron chi connectivity index (χ4n) is 2.88. The van der Waals surface area contributed by atoms with Crippen LogP contribution in [0.2, 0.25) is 0 Å². The Morgan fingerprint density at radius 1 is 1.21 bits per heavy atom. The number of nitrogens with zero attached hydrogens (tertiary/aromatic N) is 2. The maximum atomic E-state index is 12.2. The van der Waals surface area contributed by atoms with Crippen LogP contribution in [-0.2, 0) is 0 Å². The first-order valence-corrected chi connectivity index (χ1v) is 10.2. The molecule has 0 saturated heterocycles. The number of methoxy groups -OCH3 is 1. The lowest BCUT2D eigenvalue weighted by atomic mass is 10.2. The average molecular weight is 392 g/mol. The van der Waals surface area contributed by atoms with Crippen LogP contribution in [0.25, 0.3) is 0 Å². The molecule has 1 aromatic rings. The highest BCUT2D eigenvalue weighted by molar-refractivity contribution is 5.94. The Kier molecular flexibility index (Phi) is 11.7. The van der Waals surface area contributed by atoms with Gasteiger partial charge in [0.15, 0.2) is 5.96 Å². The first-order valence-electron chi connectivity index (χ1n) is 10.2. The molecule has 0 heterocycles. The van der Waals surface area contributed by atoms with E-state index in [9.17, 15) is 4.79 Å². The van der Waals surface area contributed by atoms with Gasteiger partial charge in [0, 0.05) is 31.7 Å². The summed E-state index contributed by atoms with van der Waals surface area (Å²) >= 11 is 0. The smallest absolute Gasteiger partial charge is 0.251 e. The van der Waals surface area contributed by atoms with Gasteiger partial charge in [0.05, 0.1) is 7.11 Å².